The van der Waals surface area contributed by atoms with Gasteiger partial charge in [0.05, 0.1) is 0 Å². The summed E-state index contributed by atoms with van der Waals surface area (Å²) in [5.41, 5.74) is 2.13. The number of hydrogen-bond acceptors (Lipinski definition) is 2. The van der Waals surface area contributed by atoms with Crippen LogP contribution < -0.4 is 0 Å². The minimum Gasteiger partial charge on any atom is -0.478 e. The van der Waals surface area contributed by atoms with Crippen LogP contribution in [0.1, 0.15) is 31.4 Å². The first kappa shape index (κ1) is 15.4. The predicted molar refractivity (Wildman–Crippen MR) is 78.9 cm³/mol. The van der Waals surface area contributed by atoms with Crippen LogP contribution in [0.4, 0.5) is 0 Å². The second-order valence-electron chi connectivity index (χ2n) is 5.29. The maximum Gasteiger partial charge on any atom is 0.328 e. The molecular formula is C16H23NO2. The van der Waals surface area contributed by atoms with E-state index in [1.54, 1.807) is 6.08 Å². The molecule has 0 saturated heterocycles. The van der Waals surface area contributed by atoms with Crippen molar-refractivity contribution in [2.45, 2.75) is 26.8 Å². The van der Waals surface area contributed by atoms with Crippen LogP contribution in [0.2, 0.25) is 0 Å². The summed E-state index contributed by atoms with van der Waals surface area (Å²) in [7, 11) is 2.10. The highest BCUT2D eigenvalue weighted by molar-refractivity contribution is 5.85. The van der Waals surface area contributed by atoms with Crippen molar-refractivity contribution in [2.24, 2.45) is 5.92 Å². The normalized spacial score (nSPS) is 11.6. The third kappa shape index (κ3) is 6.20. The van der Waals surface area contributed by atoms with Gasteiger partial charge in [-0.05, 0) is 43.1 Å². The molecule has 3 heteroatoms. The van der Waals surface area contributed by atoms with Crippen LogP contribution in [0.5, 0.6) is 0 Å². The van der Waals surface area contributed by atoms with Crippen LogP contribution >= 0.6 is 0 Å². The minimum absolute atomic E-state index is 0.699. The van der Waals surface area contributed by atoms with Gasteiger partial charge in [0.25, 0.3) is 0 Å². The summed E-state index contributed by atoms with van der Waals surface area (Å²) in [5, 5.41) is 8.70. The lowest BCUT2D eigenvalue weighted by atomic mass is 10.1. The van der Waals surface area contributed by atoms with Crippen LogP contribution in [0.3, 0.4) is 0 Å². The van der Waals surface area contributed by atoms with Gasteiger partial charge in [-0.25, -0.2) is 4.79 Å². The Bertz CT molecular complexity index is 438. The molecule has 0 aliphatic heterocycles. The zero-order valence-electron chi connectivity index (χ0n) is 12.0. The van der Waals surface area contributed by atoms with Gasteiger partial charge in [0.1, 0.15) is 0 Å². The van der Waals surface area contributed by atoms with Crippen LogP contribution in [0, 0.1) is 5.92 Å². The average Bonchev–Trinajstić information content (AvgIpc) is 2.35. The van der Waals surface area contributed by atoms with Gasteiger partial charge in [-0.1, -0.05) is 38.1 Å². The maximum atomic E-state index is 10.6. The molecular weight excluding hydrogens is 238 g/mol. The first-order valence-electron chi connectivity index (χ1n) is 6.66. The summed E-state index contributed by atoms with van der Waals surface area (Å²) in [4.78, 5) is 12.9. The summed E-state index contributed by atoms with van der Waals surface area (Å²) in [6, 6.07) is 7.92. The van der Waals surface area contributed by atoms with Gasteiger partial charge >= 0.3 is 5.97 Å². The third-order valence-electron chi connectivity index (χ3n) is 2.99. The lowest BCUT2D eigenvalue weighted by molar-refractivity contribution is -0.131. The van der Waals surface area contributed by atoms with Gasteiger partial charge < -0.3 is 10.0 Å². The molecule has 0 radical (unpaired) electrons. The number of carbonyl (C=O) groups is 1. The molecule has 0 aliphatic carbocycles. The number of carboxylic acids is 1. The Morgan fingerprint density at radius 1 is 1.37 bits per heavy atom. The molecule has 0 heterocycles. The second kappa shape index (κ2) is 7.74. The van der Waals surface area contributed by atoms with E-state index in [0.29, 0.717) is 5.92 Å². The molecule has 0 unspecified atom stereocenters. The standard InChI is InChI=1S/C16H23NO2/c1-13(2)10-11-17(3)12-15-7-5-4-6-14(15)8-9-16(18)19/h4-9,13H,10-12H2,1-3H3,(H,18,19). The summed E-state index contributed by atoms with van der Waals surface area (Å²) >= 11 is 0. The molecule has 1 N–H and O–H groups in total. The fourth-order valence-electron chi connectivity index (χ4n) is 1.85. The van der Waals surface area contributed by atoms with Gasteiger partial charge in [-0.2, -0.15) is 0 Å². The molecule has 0 spiro atoms. The third-order valence-corrected chi connectivity index (χ3v) is 2.99. The van der Waals surface area contributed by atoms with Crippen LogP contribution in [-0.4, -0.2) is 29.6 Å². The van der Waals surface area contributed by atoms with E-state index in [-0.39, 0.29) is 0 Å². The van der Waals surface area contributed by atoms with Crippen molar-refractivity contribution in [3.05, 3.63) is 41.5 Å². The lowest BCUT2D eigenvalue weighted by Crippen LogP contribution is -2.20. The highest BCUT2D eigenvalue weighted by Gasteiger charge is 2.05. The van der Waals surface area contributed by atoms with E-state index >= 15 is 0 Å². The van der Waals surface area contributed by atoms with Crippen LogP contribution in [0.15, 0.2) is 30.3 Å². The Kier molecular flexibility index (Phi) is 6.30. The number of aliphatic carboxylic acids is 1. The SMILES string of the molecule is CC(C)CCN(C)Cc1ccccc1C=CC(=O)O. The summed E-state index contributed by atoms with van der Waals surface area (Å²) in [5.74, 6) is -0.215. The van der Waals surface area contributed by atoms with E-state index in [0.717, 1.165) is 24.2 Å². The number of benzene rings is 1. The fourth-order valence-corrected chi connectivity index (χ4v) is 1.85. The molecule has 1 rings (SSSR count). The lowest BCUT2D eigenvalue weighted by Gasteiger charge is -2.19. The van der Waals surface area contributed by atoms with E-state index < -0.39 is 5.97 Å². The predicted octanol–water partition coefficient (Wildman–Crippen LogP) is 3.26. The van der Waals surface area contributed by atoms with E-state index in [1.807, 2.05) is 24.3 Å². The second-order valence-corrected chi connectivity index (χ2v) is 5.29. The molecule has 0 atom stereocenters. The highest BCUT2D eigenvalue weighted by Crippen LogP contribution is 2.13. The molecule has 19 heavy (non-hydrogen) atoms. The van der Waals surface area contributed by atoms with Gasteiger partial charge in [0, 0.05) is 12.6 Å². The van der Waals surface area contributed by atoms with E-state index in [1.165, 1.54) is 12.5 Å². The molecule has 1 aromatic rings. The van der Waals surface area contributed by atoms with E-state index in [9.17, 15) is 4.79 Å². The quantitative estimate of drug-likeness (QED) is 0.766. The topological polar surface area (TPSA) is 40.5 Å². The molecule has 0 saturated carbocycles. The molecule has 0 aliphatic rings. The van der Waals surface area contributed by atoms with Crippen molar-refractivity contribution >= 4 is 12.0 Å². The van der Waals surface area contributed by atoms with Crippen molar-refractivity contribution in [3.63, 3.8) is 0 Å². The van der Waals surface area contributed by atoms with Gasteiger partial charge in [0.2, 0.25) is 0 Å². The Labute approximate surface area is 115 Å². The van der Waals surface area contributed by atoms with Crippen molar-refractivity contribution in [1.82, 2.24) is 4.90 Å². The van der Waals surface area contributed by atoms with Crippen molar-refractivity contribution in [3.8, 4) is 0 Å². The monoisotopic (exact) mass is 261 g/mol. The summed E-state index contributed by atoms with van der Waals surface area (Å²) in [6.45, 7) is 6.33. The molecule has 0 aromatic heterocycles. The van der Waals surface area contributed by atoms with Gasteiger partial charge in [0.15, 0.2) is 0 Å². The van der Waals surface area contributed by atoms with E-state index in [4.69, 9.17) is 5.11 Å². The minimum atomic E-state index is -0.914. The Hall–Kier alpha value is -1.61. The number of rotatable bonds is 7. The largest absolute Gasteiger partial charge is 0.478 e. The summed E-state index contributed by atoms with van der Waals surface area (Å²) in [6.07, 6.45) is 4.02. The molecule has 0 amide bonds. The maximum absolute atomic E-state index is 10.6. The van der Waals surface area contributed by atoms with Crippen molar-refractivity contribution in [1.29, 1.82) is 0 Å². The Morgan fingerprint density at radius 3 is 2.68 bits per heavy atom. The molecule has 104 valence electrons. The zero-order valence-corrected chi connectivity index (χ0v) is 12.0. The van der Waals surface area contributed by atoms with Crippen molar-refractivity contribution in [2.75, 3.05) is 13.6 Å². The molecule has 0 fully saturated rings. The molecule has 3 nitrogen and oxygen atoms in total. The average molecular weight is 261 g/mol. The first-order valence-corrected chi connectivity index (χ1v) is 6.66. The number of carboxylic acid groups (broad SMARTS) is 1. The number of hydrogen-bond donors (Lipinski definition) is 1. The van der Waals surface area contributed by atoms with Gasteiger partial charge in [-0.15, -0.1) is 0 Å². The van der Waals surface area contributed by atoms with Gasteiger partial charge in [-0.3, -0.25) is 0 Å². The Balaban J connectivity index is 2.69. The van der Waals surface area contributed by atoms with Crippen LogP contribution in [0.25, 0.3) is 6.08 Å². The fraction of sp³-hybridized carbons (Fsp3) is 0.438. The number of nitrogens with zero attached hydrogens (tertiary/aromatic N) is 1. The molecule has 1 aromatic carbocycles. The van der Waals surface area contributed by atoms with Crippen molar-refractivity contribution < 1.29 is 9.90 Å². The van der Waals surface area contributed by atoms with E-state index in [2.05, 4.69) is 25.8 Å². The zero-order chi connectivity index (χ0) is 14.3. The smallest absolute Gasteiger partial charge is 0.328 e. The van der Waals surface area contributed by atoms with Crippen LogP contribution in [-0.2, 0) is 11.3 Å². The first-order chi connectivity index (χ1) is 8.99. The Morgan fingerprint density at radius 2 is 2.05 bits per heavy atom. The highest BCUT2D eigenvalue weighted by atomic mass is 16.4. The summed E-state index contributed by atoms with van der Waals surface area (Å²) < 4.78 is 0. The molecule has 0 bridgehead atoms.